The Morgan fingerprint density at radius 3 is 2.24 bits per heavy atom. The minimum atomic E-state index is -3.08. The molecule has 6 heteroatoms. The Labute approximate surface area is 103 Å². The van der Waals surface area contributed by atoms with Crippen LogP contribution in [0, 0.1) is 0 Å². The molecule has 1 saturated carbocycles. The standard InChI is InChI=1S/C11H22NO4P/c1-6-16-17(14,10(2,3)4)12-11(7-8-11)9(13)15-5/h6-8H2,1-5H3,(H,12,14). The first-order chi connectivity index (χ1) is 7.71. The summed E-state index contributed by atoms with van der Waals surface area (Å²) in [5.41, 5.74) is -0.799. The molecule has 0 aromatic rings. The van der Waals surface area contributed by atoms with Crippen LogP contribution in [0.5, 0.6) is 0 Å². The molecule has 0 aromatic heterocycles. The maximum Gasteiger partial charge on any atom is 0.326 e. The fraction of sp³-hybridized carbons (Fsp3) is 0.909. The number of esters is 1. The Bertz CT molecular complexity index is 344. The van der Waals surface area contributed by atoms with Gasteiger partial charge in [0.2, 0.25) is 0 Å². The van der Waals surface area contributed by atoms with E-state index in [1.807, 2.05) is 20.8 Å². The number of carbonyl (C=O) groups is 1. The maximum absolute atomic E-state index is 12.8. The molecule has 100 valence electrons. The maximum atomic E-state index is 12.8. The van der Waals surface area contributed by atoms with Gasteiger partial charge in [-0.25, -0.2) is 5.09 Å². The fourth-order valence-corrected chi connectivity index (χ4v) is 3.57. The predicted molar refractivity (Wildman–Crippen MR) is 66.1 cm³/mol. The minimum Gasteiger partial charge on any atom is -0.468 e. The van der Waals surface area contributed by atoms with Crippen molar-refractivity contribution in [1.82, 2.24) is 5.09 Å². The SMILES string of the molecule is CCOP(=O)(NC1(C(=O)OC)CC1)C(C)(C)C. The number of ether oxygens (including phenoxy) is 1. The van der Waals surface area contributed by atoms with Crippen molar-refractivity contribution in [3.8, 4) is 0 Å². The monoisotopic (exact) mass is 263 g/mol. The number of hydrogen-bond donors (Lipinski definition) is 1. The molecule has 1 atom stereocenters. The van der Waals surface area contributed by atoms with Crippen LogP contribution in [0.2, 0.25) is 0 Å². The number of nitrogens with one attached hydrogen (secondary N) is 1. The Hall–Kier alpha value is -0.380. The van der Waals surface area contributed by atoms with Crippen molar-refractivity contribution in [2.24, 2.45) is 0 Å². The zero-order valence-electron chi connectivity index (χ0n) is 11.2. The largest absolute Gasteiger partial charge is 0.468 e. The van der Waals surface area contributed by atoms with Crippen molar-refractivity contribution in [3.63, 3.8) is 0 Å². The van der Waals surface area contributed by atoms with E-state index in [1.165, 1.54) is 7.11 Å². The van der Waals surface area contributed by atoms with E-state index >= 15 is 0 Å². The first-order valence-electron chi connectivity index (χ1n) is 5.83. The first-order valence-corrected chi connectivity index (χ1v) is 7.46. The highest BCUT2D eigenvalue weighted by Gasteiger charge is 2.57. The Morgan fingerprint density at radius 1 is 1.41 bits per heavy atom. The molecule has 17 heavy (non-hydrogen) atoms. The van der Waals surface area contributed by atoms with Crippen molar-refractivity contribution in [2.45, 2.75) is 51.2 Å². The zero-order chi connectivity index (χ0) is 13.3. The van der Waals surface area contributed by atoms with Gasteiger partial charge in [-0.3, -0.25) is 9.36 Å². The Balaban J connectivity index is 2.89. The summed E-state index contributed by atoms with van der Waals surface area (Å²) in [6.07, 6.45) is 1.29. The van der Waals surface area contributed by atoms with Gasteiger partial charge in [0, 0.05) is 0 Å². The topological polar surface area (TPSA) is 64.6 Å². The molecule has 0 amide bonds. The van der Waals surface area contributed by atoms with Crippen LogP contribution in [0.4, 0.5) is 0 Å². The van der Waals surface area contributed by atoms with Crippen molar-refractivity contribution in [3.05, 3.63) is 0 Å². The van der Waals surface area contributed by atoms with Gasteiger partial charge in [0.15, 0.2) is 0 Å². The molecular formula is C11H22NO4P. The van der Waals surface area contributed by atoms with Gasteiger partial charge in [-0.15, -0.1) is 0 Å². The molecule has 1 N–H and O–H groups in total. The highest BCUT2D eigenvalue weighted by atomic mass is 31.2. The summed E-state index contributed by atoms with van der Waals surface area (Å²) in [7, 11) is -1.74. The number of rotatable bonds is 5. The van der Waals surface area contributed by atoms with E-state index < -0.39 is 18.2 Å². The second-order valence-corrected chi connectivity index (χ2v) is 8.25. The summed E-state index contributed by atoms with van der Waals surface area (Å²) in [4.78, 5) is 11.6. The van der Waals surface area contributed by atoms with Gasteiger partial charge < -0.3 is 9.26 Å². The van der Waals surface area contributed by atoms with Crippen LogP contribution >= 0.6 is 7.52 Å². The number of carbonyl (C=O) groups excluding carboxylic acids is 1. The van der Waals surface area contributed by atoms with Crippen molar-refractivity contribution < 1.29 is 18.6 Å². The molecule has 1 rings (SSSR count). The molecule has 1 aliphatic carbocycles. The predicted octanol–water partition coefficient (Wildman–Crippen LogP) is 2.31. The molecule has 0 heterocycles. The lowest BCUT2D eigenvalue weighted by Crippen LogP contribution is -2.42. The van der Waals surface area contributed by atoms with E-state index in [9.17, 15) is 9.36 Å². The van der Waals surface area contributed by atoms with E-state index in [2.05, 4.69) is 5.09 Å². The molecule has 0 radical (unpaired) electrons. The smallest absolute Gasteiger partial charge is 0.326 e. The Morgan fingerprint density at radius 2 is 1.94 bits per heavy atom. The van der Waals surface area contributed by atoms with Crippen molar-refractivity contribution in [1.29, 1.82) is 0 Å². The highest BCUT2D eigenvalue weighted by molar-refractivity contribution is 7.58. The lowest BCUT2D eigenvalue weighted by Gasteiger charge is -2.33. The summed E-state index contributed by atoms with van der Waals surface area (Å²) in [6, 6.07) is 0. The molecule has 0 spiro atoms. The van der Waals surface area contributed by atoms with Gasteiger partial charge >= 0.3 is 5.97 Å². The van der Waals surface area contributed by atoms with Crippen LogP contribution < -0.4 is 5.09 Å². The van der Waals surface area contributed by atoms with Crippen LogP contribution in [0.1, 0.15) is 40.5 Å². The molecule has 0 aliphatic heterocycles. The second kappa shape index (κ2) is 4.71. The highest BCUT2D eigenvalue weighted by Crippen LogP contribution is 2.59. The second-order valence-electron chi connectivity index (χ2n) is 5.33. The van der Waals surface area contributed by atoms with Gasteiger partial charge in [-0.2, -0.15) is 0 Å². The lowest BCUT2D eigenvalue weighted by molar-refractivity contribution is -0.143. The van der Waals surface area contributed by atoms with Gasteiger partial charge in [-0.1, -0.05) is 0 Å². The van der Waals surface area contributed by atoms with Crippen LogP contribution in [-0.2, 0) is 18.6 Å². The third-order valence-electron chi connectivity index (χ3n) is 2.88. The quantitative estimate of drug-likeness (QED) is 0.609. The van der Waals surface area contributed by atoms with Crippen LogP contribution in [0.3, 0.4) is 0 Å². The van der Waals surface area contributed by atoms with E-state index in [1.54, 1.807) is 6.92 Å². The van der Waals surface area contributed by atoms with Crippen LogP contribution in [0.25, 0.3) is 0 Å². The Kier molecular flexibility index (Phi) is 4.07. The van der Waals surface area contributed by atoms with Crippen LogP contribution in [-0.4, -0.2) is 30.4 Å². The zero-order valence-corrected chi connectivity index (χ0v) is 12.1. The van der Waals surface area contributed by atoms with Gasteiger partial charge in [0.1, 0.15) is 5.54 Å². The summed E-state index contributed by atoms with van der Waals surface area (Å²) in [5.74, 6) is -0.360. The van der Waals surface area contributed by atoms with Gasteiger partial charge in [0.05, 0.1) is 18.9 Å². The summed E-state index contributed by atoms with van der Waals surface area (Å²) < 4.78 is 22.9. The minimum absolute atomic E-state index is 0.346. The summed E-state index contributed by atoms with van der Waals surface area (Å²) in [5, 5.41) is 2.38. The summed E-state index contributed by atoms with van der Waals surface area (Å²) in [6.45, 7) is 7.65. The molecule has 0 bridgehead atoms. The lowest BCUT2D eigenvalue weighted by atomic mass is 10.3. The van der Waals surface area contributed by atoms with Crippen molar-refractivity contribution >= 4 is 13.5 Å². The molecule has 1 fully saturated rings. The third-order valence-corrected chi connectivity index (χ3v) is 5.99. The average Bonchev–Trinajstić information content (AvgIpc) is 2.96. The molecule has 1 aliphatic rings. The van der Waals surface area contributed by atoms with E-state index in [-0.39, 0.29) is 5.97 Å². The molecule has 1 unspecified atom stereocenters. The molecular weight excluding hydrogens is 241 g/mol. The third kappa shape index (κ3) is 2.90. The van der Waals surface area contributed by atoms with Gasteiger partial charge in [0.25, 0.3) is 7.52 Å². The number of methoxy groups -OCH3 is 1. The fourth-order valence-electron chi connectivity index (χ4n) is 1.54. The van der Waals surface area contributed by atoms with E-state index in [4.69, 9.17) is 9.26 Å². The van der Waals surface area contributed by atoms with Gasteiger partial charge in [-0.05, 0) is 40.5 Å². The average molecular weight is 263 g/mol. The summed E-state index contributed by atoms with van der Waals surface area (Å²) >= 11 is 0. The molecule has 0 aromatic carbocycles. The van der Waals surface area contributed by atoms with E-state index in [0.717, 1.165) is 0 Å². The molecule has 0 saturated heterocycles. The number of hydrogen-bond acceptors (Lipinski definition) is 4. The van der Waals surface area contributed by atoms with Crippen molar-refractivity contribution in [2.75, 3.05) is 13.7 Å². The van der Waals surface area contributed by atoms with Crippen LogP contribution in [0.15, 0.2) is 0 Å². The normalized spacial score (nSPS) is 21.7. The molecule has 5 nitrogen and oxygen atoms in total. The van der Waals surface area contributed by atoms with E-state index in [0.29, 0.717) is 19.4 Å². The first kappa shape index (κ1) is 14.7.